The first-order valence-electron chi connectivity index (χ1n) is 9.07. The molecule has 2 rings (SSSR count). The molecule has 0 fully saturated rings. The summed E-state index contributed by atoms with van der Waals surface area (Å²) in [4.78, 5) is 36.0. The van der Waals surface area contributed by atoms with Crippen molar-refractivity contribution in [2.24, 2.45) is 0 Å². The molecule has 0 aromatic heterocycles. The lowest BCUT2D eigenvalue weighted by atomic mass is 10.1. The number of aryl methyl sites for hydroxylation is 1. The number of hydrogen-bond acceptors (Lipinski definition) is 4. The number of hydrogen-bond donors (Lipinski definition) is 3. The predicted molar refractivity (Wildman–Crippen MR) is 107 cm³/mol. The Morgan fingerprint density at radius 2 is 1.68 bits per heavy atom. The highest BCUT2D eigenvalue weighted by Gasteiger charge is 2.26. The molecule has 2 amide bonds. The number of quaternary nitrogens is 1. The molecule has 28 heavy (non-hydrogen) atoms. The topological polar surface area (TPSA) is 106 Å². The summed E-state index contributed by atoms with van der Waals surface area (Å²) in [5.74, 6) is -0.600. The van der Waals surface area contributed by atoms with Crippen LogP contribution in [0.2, 0.25) is 0 Å². The second-order valence-electron chi connectivity index (χ2n) is 6.57. The van der Waals surface area contributed by atoms with Crippen molar-refractivity contribution in [1.29, 1.82) is 0 Å². The summed E-state index contributed by atoms with van der Waals surface area (Å²) in [7, 11) is 1.73. The molecule has 0 saturated heterocycles. The van der Waals surface area contributed by atoms with Crippen molar-refractivity contribution in [1.82, 2.24) is 0 Å². The predicted octanol–water partition coefficient (Wildman–Crippen LogP) is 1.64. The molecule has 8 nitrogen and oxygen atoms in total. The molecule has 2 aromatic rings. The Bertz CT molecular complexity index is 869. The maximum absolute atomic E-state index is 12.5. The van der Waals surface area contributed by atoms with Crippen molar-refractivity contribution in [3.05, 3.63) is 64.2 Å². The smallest absolute Gasteiger partial charge is 0.292 e. The van der Waals surface area contributed by atoms with E-state index < -0.39 is 16.9 Å². The summed E-state index contributed by atoms with van der Waals surface area (Å²) < 4.78 is 0. The van der Waals surface area contributed by atoms with Crippen LogP contribution >= 0.6 is 0 Å². The van der Waals surface area contributed by atoms with Crippen molar-refractivity contribution in [3.8, 4) is 0 Å². The Hall–Kier alpha value is -3.26. The summed E-state index contributed by atoms with van der Waals surface area (Å²) in [6, 6.07) is 12.9. The zero-order valence-electron chi connectivity index (χ0n) is 16.2. The van der Waals surface area contributed by atoms with Gasteiger partial charge in [0, 0.05) is 11.8 Å². The number of amides is 2. The minimum absolute atomic E-state index is 0.0868. The van der Waals surface area contributed by atoms with E-state index in [0.717, 1.165) is 17.7 Å². The van der Waals surface area contributed by atoms with Crippen LogP contribution in [0.5, 0.6) is 0 Å². The molecule has 2 atom stereocenters. The van der Waals surface area contributed by atoms with Gasteiger partial charge in [-0.3, -0.25) is 19.7 Å². The van der Waals surface area contributed by atoms with Crippen molar-refractivity contribution >= 4 is 28.9 Å². The van der Waals surface area contributed by atoms with Crippen LogP contribution in [0.3, 0.4) is 0 Å². The van der Waals surface area contributed by atoms with Gasteiger partial charge in [-0.25, -0.2) is 0 Å². The van der Waals surface area contributed by atoms with E-state index in [0.29, 0.717) is 4.90 Å². The van der Waals surface area contributed by atoms with Gasteiger partial charge in [-0.2, -0.15) is 0 Å². The van der Waals surface area contributed by atoms with E-state index in [9.17, 15) is 19.7 Å². The third kappa shape index (κ3) is 5.37. The first-order chi connectivity index (χ1) is 13.3. The highest BCUT2D eigenvalue weighted by atomic mass is 16.6. The largest absolute Gasteiger partial charge is 0.321 e. The fourth-order valence-electron chi connectivity index (χ4n) is 2.75. The molecule has 0 heterocycles. The van der Waals surface area contributed by atoms with Crippen LogP contribution in [0.1, 0.15) is 19.4 Å². The summed E-state index contributed by atoms with van der Waals surface area (Å²) in [5, 5.41) is 16.5. The number of nitro benzene ring substituents is 1. The molecule has 3 N–H and O–H groups in total. The van der Waals surface area contributed by atoms with Gasteiger partial charge >= 0.3 is 0 Å². The first kappa shape index (κ1) is 21.0. The fourth-order valence-corrected chi connectivity index (χ4v) is 2.75. The van der Waals surface area contributed by atoms with E-state index in [-0.39, 0.29) is 23.8 Å². The van der Waals surface area contributed by atoms with Gasteiger partial charge in [-0.1, -0.05) is 37.3 Å². The molecule has 1 unspecified atom stereocenters. The lowest BCUT2D eigenvalue weighted by Crippen LogP contribution is -3.14. The van der Waals surface area contributed by atoms with Crippen molar-refractivity contribution in [2.45, 2.75) is 26.3 Å². The molecular formula is C20H25N4O4+. The van der Waals surface area contributed by atoms with Gasteiger partial charge in [-0.15, -0.1) is 0 Å². The second kappa shape index (κ2) is 9.61. The lowest BCUT2D eigenvalue weighted by Gasteiger charge is -2.21. The number of nitrogens with zero attached hydrogens (tertiary/aromatic N) is 1. The minimum Gasteiger partial charge on any atom is -0.321 e. The van der Waals surface area contributed by atoms with E-state index in [1.165, 1.54) is 18.2 Å². The van der Waals surface area contributed by atoms with Crippen LogP contribution in [0.25, 0.3) is 0 Å². The van der Waals surface area contributed by atoms with Gasteiger partial charge in [0.1, 0.15) is 5.69 Å². The van der Waals surface area contributed by atoms with Gasteiger partial charge in [0.2, 0.25) is 0 Å². The number of likely N-dealkylation sites (N-methyl/N-ethyl adjacent to an activating group) is 1. The van der Waals surface area contributed by atoms with Crippen molar-refractivity contribution in [2.75, 3.05) is 24.2 Å². The average molecular weight is 385 g/mol. The molecule has 0 aliphatic rings. The summed E-state index contributed by atoms with van der Waals surface area (Å²) in [5.41, 5.74) is 1.77. The van der Waals surface area contributed by atoms with Gasteiger partial charge in [0.25, 0.3) is 17.5 Å². The third-order valence-corrected chi connectivity index (χ3v) is 4.60. The lowest BCUT2D eigenvalue weighted by molar-refractivity contribution is -0.885. The van der Waals surface area contributed by atoms with Gasteiger partial charge < -0.3 is 15.5 Å². The molecule has 8 heteroatoms. The zero-order valence-corrected chi connectivity index (χ0v) is 16.2. The van der Waals surface area contributed by atoms with E-state index in [1.54, 1.807) is 20.0 Å². The number of carbonyl (C=O) groups is 2. The SMILES string of the molecule is CCc1ccccc1NC(=O)C[NH+](C)[C@@H](C)C(=O)Nc1ccccc1[N+](=O)[O-]. The maximum atomic E-state index is 12.5. The van der Waals surface area contributed by atoms with Crippen molar-refractivity contribution < 1.29 is 19.4 Å². The number of benzene rings is 2. The highest BCUT2D eigenvalue weighted by molar-refractivity contribution is 5.96. The standard InChI is InChI=1S/C20H24N4O4/c1-4-15-9-5-6-10-16(15)21-19(25)13-23(3)14(2)20(26)22-17-11-7-8-12-18(17)24(27)28/h5-12,14H,4,13H2,1-3H3,(H,21,25)(H,22,26)/p+1/t14-/m0/s1. The van der Waals surface area contributed by atoms with E-state index >= 15 is 0 Å². The third-order valence-electron chi connectivity index (χ3n) is 4.60. The molecule has 0 spiro atoms. The Balaban J connectivity index is 1.98. The maximum Gasteiger partial charge on any atom is 0.292 e. The number of carbonyl (C=O) groups excluding carboxylic acids is 2. The van der Waals surface area contributed by atoms with Gasteiger partial charge in [-0.05, 0) is 31.0 Å². The fraction of sp³-hybridized carbons (Fsp3) is 0.300. The van der Waals surface area contributed by atoms with Crippen LogP contribution in [0.15, 0.2) is 48.5 Å². The second-order valence-corrected chi connectivity index (χ2v) is 6.57. The molecular weight excluding hydrogens is 360 g/mol. The molecule has 0 aliphatic carbocycles. The van der Waals surface area contributed by atoms with Crippen LogP contribution < -0.4 is 15.5 Å². The van der Waals surface area contributed by atoms with E-state index in [4.69, 9.17) is 0 Å². The number of anilines is 2. The van der Waals surface area contributed by atoms with E-state index in [2.05, 4.69) is 10.6 Å². The molecule has 148 valence electrons. The van der Waals surface area contributed by atoms with Crippen LogP contribution in [-0.2, 0) is 16.0 Å². The van der Waals surface area contributed by atoms with Gasteiger partial charge in [0.05, 0.1) is 12.0 Å². The summed E-state index contributed by atoms with van der Waals surface area (Å²) in [6.45, 7) is 3.77. The van der Waals surface area contributed by atoms with Crippen LogP contribution in [0, 0.1) is 10.1 Å². The number of nitro groups is 1. The number of para-hydroxylation sites is 3. The first-order valence-corrected chi connectivity index (χ1v) is 9.07. The Morgan fingerprint density at radius 3 is 2.32 bits per heavy atom. The van der Waals surface area contributed by atoms with Gasteiger partial charge in [0.15, 0.2) is 12.6 Å². The Labute approximate surface area is 163 Å². The number of nitrogens with one attached hydrogen (secondary N) is 3. The molecule has 2 aromatic carbocycles. The summed E-state index contributed by atoms with van der Waals surface area (Å²) in [6.07, 6.45) is 0.799. The molecule has 0 aliphatic heterocycles. The highest BCUT2D eigenvalue weighted by Crippen LogP contribution is 2.23. The zero-order chi connectivity index (χ0) is 20.7. The van der Waals surface area contributed by atoms with Crippen LogP contribution in [-0.4, -0.2) is 36.4 Å². The van der Waals surface area contributed by atoms with Crippen molar-refractivity contribution in [3.63, 3.8) is 0 Å². The van der Waals surface area contributed by atoms with Crippen LogP contribution in [0.4, 0.5) is 17.1 Å². The monoisotopic (exact) mass is 385 g/mol. The Morgan fingerprint density at radius 1 is 1.07 bits per heavy atom. The summed E-state index contributed by atoms with van der Waals surface area (Å²) >= 11 is 0. The Kier molecular flexibility index (Phi) is 7.22. The molecule has 0 saturated carbocycles. The van der Waals surface area contributed by atoms with E-state index in [1.807, 2.05) is 31.2 Å². The molecule has 0 bridgehead atoms. The normalized spacial score (nSPS) is 12.7. The minimum atomic E-state index is -0.577. The number of rotatable bonds is 8. The average Bonchev–Trinajstić information content (AvgIpc) is 2.67. The quantitative estimate of drug-likeness (QED) is 0.474. The molecule has 0 radical (unpaired) electrons.